The van der Waals surface area contributed by atoms with Gasteiger partial charge in [-0.2, -0.15) is 9.47 Å². The summed E-state index contributed by atoms with van der Waals surface area (Å²) < 4.78 is 22.8. The van der Waals surface area contributed by atoms with E-state index in [9.17, 15) is 0 Å². The van der Waals surface area contributed by atoms with Gasteiger partial charge in [-0.3, -0.25) is 9.11 Å². The van der Waals surface area contributed by atoms with E-state index in [-0.39, 0.29) is 6.54 Å². The summed E-state index contributed by atoms with van der Waals surface area (Å²) in [5.74, 6) is 0. The lowest BCUT2D eigenvalue weighted by Crippen LogP contribution is -1.91. The quantitative estimate of drug-likeness (QED) is 0.298. The topological polar surface area (TPSA) is 107 Å². The number of nitrogens with zero attached hydrogens (tertiary/aromatic N) is 1. The van der Waals surface area contributed by atoms with Gasteiger partial charge < -0.3 is 5.73 Å². The Hall–Kier alpha value is -0.480. The minimum Gasteiger partial charge on any atom is -0.318 e. The van der Waals surface area contributed by atoms with E-state index in [1.165, 1.54) is 0 Å². The molecule has 0 saturated heterocycles. The Kier molecular flexibility index (Phi) is 12.8. The smallest absolute Gasteiger partial charge is 0.299 e. The number of hydrogen-bond donors (Lipinski definition) is 3. The van der Waals surface area contributed by atoms with Gasteiger partial charge in [0.1, 0.15) is 0 Å². The first-order valence-corrected chi connectivity index (χ1v) is 2.58. The van der Waals surface area contributed by atoms with Crippen LogP contribution < -0.4 is 5.73 Å². The molecule has 48 valence electrons. The molecule has 0 rings (SSSR count). The molecule has 8 heavy (non-hydrogen) atoms. The van der Waals surface area contributed by atoms with Crippen LogP contribution in [0.4, 0.5) is 0 Å². The second kappa shape index (κ2) is 9.72. The van der Waals surface area contributed by atoms with Crippen molar-refractivity contribution in [3.8, 4) is 6.07 Å². The maximum atomic E-state index is 8.67. The van der Waals surface area contributed by atoms with E-state index in [0.717, 1.165) is 0 Å². The molecule has 0 bridgehead atoms. The van der Waals surface area contributed by atoms with Crippen LogP contribution in [0.1, 0.15) is 0 Å². The molecule has 0 aliphatic heterocycles. The predicted molar refractivity (Wildman–Crippen MR) is 28.1 cm³/mol. The minimum atomic E-state index is -2.61. The molecule has 0 aliphatic carbocycles. The fourth-order valence-corrected chi connectivity index (χ4v) is 0. The van der Waals surface area contributed by atoms with Gasteiger partial charge in [-0.15, -0.1) is 0 Å². The normalized spacial score (nSPS) is 6.88. The maximum Gasteiger partial charge on any atom is 0.299 e. The van der Waals surface area contributed by atoms with Crippen molar-refractivity contribution in [3.05, 3.63) is 0 Å². The molecule has 5 nitrogen and oxygen atoms in total. The zero-order chi connectivity index (χ0) is 6.99. The second-order valence-corrected chi connectivity index (χ2v) is 1.05. The number of nitriles is 1. The number of nitrogens with two attached hydrogens (primary N) is 1. The molecule has 0 radical (unpaired) electrons. The number of hydrogen-bond acceptors (Lipinski definition) is 3. The lowest BCUT2D eigenvalue weighted by molar-refractivity contribution is 0.454. The van der Waals surface area contributed by atoms with Crippen LogP contribution in [0.15, 0.2) is 0 Å². The lowest BCUT2D eigenvalue weighted by Gasteiger charge is -1.59. The van der Waals surface area contributed by atoms with Crippen molar-refractivity contribution >= 4 is 11.4 Å². The fourth-order valence-electron chi connectivity index (χ4n) is 0. The largest absolute Gasteiger partial charge is 0.318 e. The van der Waals surface area contributed by atoms with Gasteiger partial charge in [0.15, 0.2) is 0 Å². The first-order chi connectivity index (χ1) is 3.65. The summed E-state index contributed by atoms with van der Waals surface area (Å²) in [6.45, 7) is 0.125. The van der Waals surface area contributed by atoms with Crippen LogP contribution in [-0.2, 0) is 11.4 Å². The van der Waals surface area contributed by atoms with Crippen molar-refractivity contribution in [2.24, 2.45) is 5.73 Å². The molecule has 0 aliphatic rings. The van der Waals surface area contributed by atoms with E-state index < -0.39 is 11.4 Å². The molecular weight excluding hydrogens is 132 g/mol. The van der Waals surface area contributed by atoms with E-state index in [4.69, 9.17) is 18.6 Å². The molecule has 0 aromatic carbocycles. The van der Waals surface area contributed by atoms with Crippen molar-refractivity contribution in [2.45, 2.75) is 0 Å². The van der Waals surface area contributed by atoms with Crippen LogP contribution in [0, 0.1) is 11.3 Å². The summed E-state index contributed by atoms with van der Waals surface area (Å²) in [4.78, 5) is 0. The van der Waals surface area contributed by atoms with Crippen LogP contribution in [-0.4, -0.2) is 19.9 Å². The van der Waals surface area contributed by atoms with E-state index in [1.54, 1.807) is 6.07 Å². The van der Waals surface area contributed by atoms with Crippen LogP contribution in [0.3, 0.4) is 0 Å². The SMILES string of the molecule is N#CCN.O=S(O)O. The second-order valence-electron chi connectivity index (χ2n) is 0.593. The molecule has 0 fully saturated rings. The molecule has 6 heteroatoms. The van der Waals surface area contributed by atoms with Gasteiger partial charge in [-0.25, -0.2) is 0 Å². The highest BCUT2D eigenvalue weighted by Gasteiger charge is 1.62. The third-order valence-electron chi connectivity index (χ3n) is 0.0913. The Morgan fingerprint density at radius 3 is 1.88 bits per heavy atom. The van der Waals surface area contributed by atoms with E-state index in [0.29, 0.717) is 0 Å². The Balaban J connectivity index is 0. The van der Waals surface area contributed by atoms with Crippen molar-refractivity contribution in [1.82, 2.24) is 0 Å². The van der Waals surface area contributed by atoms with Gasteiger partial charge in [0, 0.05) is 0 Å². The Labute approximate surface area is 49.2 Å². The molecular formula is C2H6N2O3S. The van der Waals surface area contributed by atoms with Crippen LogP contribution in [0.5, 0.6) is 0 Å². The lowest BCUT2D eigenvalue weighted by atomic mass is 10.8. The molecule has 0 atom stereocenters. The standard InChI is InChI=1S/C2H4N2.H2O3S/c3-1-2-4;1-4(2)3/h1,3H2;(H2,1,2,3). The summed E-state index contributed by atoms with van der Waals surface area (Å²) in [5, 5.41) is 7.50. The third-order valence-corrected chi connectivity index (χ3v) is 0.0913. The monoisotopic (exact) mass is 138 g/mol. The molecule has 0 unspecified atom stereocenters. The van der Waals surface area contributed by atoms with E-state index in [1.807, 2.05) is 0 Å². The summed E-state index contributed by atoms with van der Waals surface area (Å²) in [7, 11) is 0. The van der Waals surface area contributed by atoms with Crippen LogP contribution >= 0.6 is 0 Å². The first kappa shape index (κ1) is 10.5. The van der Waals surface area contributed by atoms with Crippen LogP contribution in [0.25, 0.3) is 0 Å². The van der Waals surface area contributed by atoms with Crippen LogP contribution in [0.2, 0.25) is 0 Å². The number of rotatable bonds is 0. The van der Waals surface area contributed by atoms with E-state index >= 15 is 0 Å². The van der Waals surface area contributed by atoms with Crippen molar-refractivity contribution < 1.29 is 13.3 Å². The average Bonchev–Trinajstić information content (AvgIpc) is 1.65. The first-order valence-electron chi connectivity index (χ1n) is 1.52. The molecule has 0 aromatic heterocycles. The van der Waals surface area contributed by atoms with Gasteiger partial charge in [-0.05, 0) is 0 Å². The highest BCUT2D eigenvalue weighted by molar-refractivity contribution is 7.73. The molecule has 0 spiro atoms. The summed E-state index contributed by atoms with van der Waals surface area (Å²) >= 11 is -2.61. The van der Waals surface area contributed by atoms with Gasteiger partial charge in [0.05, 0.1) is 12.6 Å². The highest BCUT2D eigenvalue weighted by atomic mass is 32.2. The Morgan fingerprint density at radius 2 is 1.88 bits per heavy atom. The molecule has 0 aromatic rings. The highest BCUT2D eigenvalue weighted by Crippen LogP contribution is 1.44. The zero-order valence-electron chi connectivity index (χ0n) is 3.94. The third kappa shape index (κ3) is 417. The minimum absolute atomic E-state index is 0.125. The van der Waals surface area contributed by atoms with Gasteiger partial charge in [-0.1, -0.05) is 0 Å². The molecule has 0 heterocycles. The van der Waals surface area contributed by atoms with Gasteiger partial charge in [0.25, 0.3) is 11.4 Å². The Bertz CT molecular complexity index is 93.9. The van der Waals surface area contributed by atoms with Gasteiger partial charge >= 0.3 is 0 Å². The summed E-state index contributed by atoms with van der Waals surface area (Å²) in [6, 6.07) is 1.71. The zero-order valence-corrected chi connectivity index (χ0v) is 4.76. The van der Waals surface area contributed by atoms with Crippen molar-refractivity contribution in [1.29, 1.82) is 5.26 Å². The summed E-state index contributed by atoms with van der Waals surface area (Å²) in [6.07, 6.45) is 0. The van der Waals surface area contributed by atoms with Crippen molar-refractivity contribution in [2.75, 3.05) is 6.54 Å². The predicted octanol–water partition coefficient (Wildman–Crippen LogP) is -0.850. The maximum absolute atomic E-state index is 8.67. The molecule has 4 N–H and O–H groups in total. The van der Waals surface area contributed by atoms with Gasteiger partial charge in [0.2, 0.25) is 0 Å². The molecule has 0 amide bonds. The summed E-state index contributed by atoms with van der Waals surface area (Å²) in [5.41, 5.74) is 4.67. The molecule has 0 saturated carbocycles. The average molecular weight is 138 g/mol. The van der Waals surface area contributed by atoms with Crippen molar-refractivity contribution in [3.63, 3.8) is 0 Å². The van der Waals surface area contributed by atoms with E-state index in [2.05, 4.69) is 5.73 Å². The Morgan fingerprint density at radius 1 is 1.75 bits per heavy atom. The fraction of sp³-hybridized carbons (Fsp3) is 0.500.